The highest BCUT2D eigenvalue weighted by Gasteiger charge is 2.22. The fraction of sp³-hybridized carbons (Fsp3) is 0.333. The van der Waals surface area contributed by atoms with Gasteiger partial charge in [0.2, 0.25) is 0 Å². The lowest BCUT2D eigenvalue weighted by Crippen LogP contribution is -2.31. The fourth-order valence-corrected chi connectivity index (χ4v) is 1.85. The minimum absolute atomic E-state index is 0.0338. The molecule has 0 saturated carbocycles. The summed E-state index contributed by atoms with van der Waals surface area (Å²) in [7, 11) is 0. The molecule has 1 aromatic rings. The third kappa shape index (κ3) is 2.58. The van der Waals surface area contributed by atoms with Crippen molar-refractivity contribution in [1.82, 2.24) is 0 Å². The maximum Gasteiger partial charge on any atom is 0.0130 e. The number of hydrogen-bond acceptors (Lipinski definition) is 1. The van der Waals surface area contributed by atoms with Gasteiger partial charge in [-0.1, -0.05) is 25.1 Å². The number of rotatable bonds is 4. The van der Waals surface area contributed by atoms with Crippen LogP contribution in [0.1, 0.15) is 18.9 Å². The molecule has 0 radical (unpaired) electrons. The Morgan fingerprint density at radius 2 is 2.00 bits per heavy atom. The van der Waals surface area contributed by atoms with E-state index in [1.165, 1.54) is 9.13 Å². The van der Waals surface area contributed by atoms with Gasteiger partial charge in [-0.2, -0.15) is 0 Å². The largest absolute Gasteiger partial charge is 0.330 e. The zero-order valence-corrected chi connectivity index (χ0v) is 10.6. The number of allylic oxidation sites excluding steroid dienone is 1. The number of nitrogens with two attached hydrogens (primary N) is 1. The minimum Gasteiger partial charge on any atom is -0.330 e. The quantitative estimate of drug-likeness (QED) is 0.671. The van der Waals surface area contributed by atoms with Gasteiger partial charge in [-0.15, -0.1) is 6.58 Å². The number of halogens is 1. The maximum absolute atomic E-state index is 5.81. The third-order valence-corrected chi connectivity index (χ3v) is 3.31. The first kappa shape index (κ1) is 11.7. The molecule has 1 unspecified atom stereocenters. The second kappa shape index (κ2) is 4.94. The summed E-state index contributed by atoms with van der Waals surface area (Å²) >= 11 is 2.31. The Morgan fingerprint density at radius 3 is 2.43 bits per heavy atom. The molecule has 0 aromatic heterocycles. The van der Waals surface area contributed by atoms with Crippen molar-refractivity contribution >= 4 is 22.6 Å². The van der Waals surface area contributed by atoms with E-state index in [9.17, 15) is 0 Å². The fourth-order valence-electron chi connectivity index (χ4n) is 1.49. The summed E-state index contributed by atoms with van der Waals surface area (Å²) in [5.74, 6) is 0. The van der Waals surface area contributed by atoms with Crippen LogP contribution in [0, 0.1) is 3.57 Å². The van der Waals surface area contributed by atoms with E-state index in [4.69, 9.17) is 5.73 Å². The molecule has 1 atom stereocenters. The van der Waals surface area contributed by atoms with Crippen molar-refractivity contribution in [2.45, 2.75) is 18.8 Å². The highest BCUT2D eigenvalue weighted by atomic mass is 127. The van der Waals surface area contributed by atoms with Crippen LogP contribution >= 0.6 is 22.6 Å². The molecule has 0 spiro atoms. The van der Waals surface area contributed by atoms with E-state index >= 15 is 0 Å². The van der Waals surface area contributed by atoms with Gasteiger partial charge in [0.15, 0.2) is 0 Å². The van der Waals surface area contributed by atoms with Crippen molar-refractivity contribution in [2.75, 3.05) is 6.54 Å². The molecule has 2 N–H and O–H groups in total. The Labute approximate surface area is 99.5 Å². The van der Waals surface area contributed by atoms with Crippen LogP contribution in [0.15, 0.2) is 36.9 Å². The molecule has 14 heavy (non-hydrogen) atoms. The topological polar surface area (TPSA) is 26.0 Å². The van der Waals surface area contributed by atoms with Crippen molar-refractivity contribution < 1.29 is 0 Å². The molecule has 76 valence electrons. The molecule has 1 rings (SSSR count). The lowest BCUT2D eigenvalue weighted by atomic mass is 9.80. The molecule has 0 saturated heterocycles. The molecular weight excluding hydrogens is 285 g/mol. The minimum atomic E-state index is 0.0338. The molecular formula is C12H16IN. The SMILES string of the molecule is C=CCC(C)(CN)c1ccc(I)cc1. The molecule has 1 nitrogen and oxygen atoms in total. The van der Waals surface area contributed by atoms with Gasteiger partial charge < -0.3 is 5.73 Å². The van der Waals surface area contributed by atoms with Gasteiger partial charge in [-0.05, 0) is 46.7 Å². The first-order chi connectivity index (χ1) is 6.62. The predicted octanol–water partition coefficient (Wildman–Crippen LogP) is 3.08. The number of hydrogen-bond donors (Lipinski definition) is 1. The van der Waals surface area contributed by atoms with Crippen LogP contribution in [0.25, 0.3) is 0 Å². The lowest BCUT2D eigenvalue weighted by Gasteiger charge is -2.27. The molecule has 0 aliphatic rings. The van der Waals surface area contributed by atoms with Crippen LogP contribution in [-0.2, 0) is 5.41 Å². The highest BCUT2D eigenvalue weighted by Crippen LogP contribution is 2.27. The summed E-state index contributed by atoms with van der Waals surface area (Å²) < 4.78 is 1.25. The molecule has 0 aliphatic heterocycles. The average molecular weight is 301 g/mol. The van der Waals surface area contributed by atoms with E-state index in [1.54, 1.807) is 0 Å². The van der Waals surface area contributed by atoms with Gasteiger partial charge in [-0.25, -0.2) is 0 Å². The molecule has 0 heterocycles. The summed E-state index contributed by atoms with van der Waals surface area (Å²) in [5.41, 5.74) is 7.14. The van der Waals surface area contributed by atoms with Gasteiger partial charge >= 0.3 is 0 Å². The molecule has 0 bridgehead atoms. The van der Waals surface area contributed by atoms with E-state index in [0.717, 1.165) is 6.42 Å². The Hall–Kier alpha value is -0.350. The van der Waals surface area contributed by atoms with Crippen molar-refractivity contribution in [1.29, 1.82) is 0 Å². The summed E-state index contributed by atoms with van der Waals surface area (Å²) in [6, 6.07) is 8.54. The summed E-state index contributed by atoms with van der Waals surface area (Å²) in [4.78, 5) is 0. The van der Waals surface area contributed by atoms with Crippen LogP contribution in [0.2, 0.25) is 0 Å². The standard InChI is InChI=1S/C12H16IN/c1-3-8-12(2,9-14)10-4-6-11(13)7-5-10/h3-7H,1,8-9,14H2,2H3. The van der Waals surface area contributed by atoms with Crippen LogP contribution in [0.4, 0.5) is 0 Å². The van der Waals surface area contributed by atoms with Crippen molar-refractivity contribution in [3.8, 4) is 0 Å². The Balaban J connectivity index is 2.99. The number of benzene rings is 1. The van der Waals surface area contributed by atoms with E-state index in [1.807, 2.05) is 6.08 Å². The normalized spacial score (nSPS) is 14.8. The van der Waals surface area contributed by atoms with Crippen LogP contribution in [0.5, 0.6) is 0 Å². The zero-order valence-electron chi connectivity index (χ0n) is 8.46. The molecule has 0 amide bonds. The lowest BCUT2D eigenvalue weighted by molar-refractivity contribution is 0.491. The van der Waals surface area contributed by atoms with E-state index < -0.39 is 0 Å². The average Bonchev–Trinajstić information content (AvgIpc) is 2.19. The Morgan fingerprint density at radius 1 is 1.43 bits per heavy atom. The highest BCUT2D eigenvalue weighted by molar-refractivity contribution is 14.1. The summed E-state index contributed by atoms with van der Waals surface area (Å²) in [6.07, 6.45) is 2.86. The zero-order chi connectivity index (χ0) is 10.6. The maximum atomic E-state index is 5.81. The van der Waals surface area contributed by atoms with Gasteiger partial charge in [-0.3, -0.25) is 0 Å². The smallest absolute Gasteiger partial charge is 0.0130 e. The molecule has 0 aliphatic carbocycles. The third-order valence-electron chi connectivity index (χ3n) is 2.59. The van der Waals surface area contributed by atoms with Crippen molar-refractivity contribution in [2.24, 2.45) is 5.73 Å². The van der Waals surface area contributed by atoms with Gasteiger partial charge in [0.1, 0.15) is 0 Å². The molecule has 1 aromatic carbocycles. The van der Waals surface area contributed by atoms with Gasteiger partial charge in [0.05, 0.1) is 0 Å². The van der Waals surface area contributed by atoms with E-state index in [2.05, 4.69) is 60.4 Å². The Bertz CT molecular complexity index is 305. The van der Waals surface area contributed by atoms with Gasteiger partial charge in [0.25, 0.3) is 0 Å². The molecule has 2 heteroatoms. The van der Waals surface area contributed by atoms with Crippen LogP contribution in [-0.4, -0.2) is 6.54 Å². The monoisotopic (exact) mass is 301 g/mol. The first-order valence-corrected chi connectivity index (χ1v) is 5.77. The second-order valence-corrected chi connectivity index (χ2v) is 5.01. The van der Waals surface area contributed by atoms with Crippen molar-refractivity contribution in [3.05, 3.63) is 46.1 Å². The summed E-state index contributed by atoms with van der Waals surface area (Å²) in [5, 5.41) is 0. The van der Waals surface area contributed by atoms with Crippen LogP contribution in [0.3, 0.4) is 0 Å². The van der Waals surface area contributed by atoms with Crippen molar-refractivity contribution in [3.63, 3.8) is 0 Å². The van der Waals surface area contributed by atoms with E-state index in [0.29, 0.717) is 6.54 Å². The summed E-state index contributed by atoms with van der Waals surface area (Å²) in [6.45, 7) is 6.61. The molecule has 0 fully saturated rings. The van der Waals surface area contributed by atoms with E-state index in [-0.39, 0.29) is 5.41 Å². The first-order valence-electron chi connectivity index (χ1n) is 4.69. The van der Waals surface area contributed by atoms with Gasteiger partial charge in [0, 0.05) is 15.5 Å². The van der Waals surface area contributed by atoms with Crippen LogP contribution < -0.4 is 5.73 Å². The Kier molecular flexibility index (Phi) is 4.13. The predicted molar refractivity (Wildman–Crippen MR) is 70.4 cm³/mol. The second-order valence-electron chi connectivity index (χ2n) is 3.76.